The SMILES string of the molecule is CC(=O)N1CC[C@@H]1C(=O)Nc1cc2cc(-c3c(OC[C@H]4CCN4C(=O)OC(C)(C)C)cnn3C)ccn2n1. The van der Waals surface area contributed by atoms with E-state index in [1.165, 1.54) is 6.92 Å². The third-order valence-electron chi connectivity index (χ3n) is 6.82. The average Bonchev–Trinajstić information content (AvgIpc) is 3.32. The van der Waals surface area contributed by atoms with Crippen molar-refractivity contribution in [1.82, 2.24) is 29.2 Å². The lowest BCUT2D eigenvalue weighted by Crippen LogP contribution is -2.56. The molecule has 0 unspecified atom stereocenters. The summed E-state index contributed by atoms with van der Waals surface area (Å²) in [7, 11) is 1.84. The maximum Gasteiger partial charge on any atom is 0.410 e. The Morgan fingerprint density at radius 3 is 2.53 bits per heavy atom. The van der Waals surface area contributed by atoms with Gasteiger partial charge in [-0.25, -0.2) is 9.31 Å². The first-order valence-corrected chi connectivity index (χ1v) is 12.7. The van der Waals surface area contributed by atoms with Crippen molar-refractivity contribution < 1.29 is 23.9 Å². The van der Waals surface area contributed by atoms with Gasteiger partial charge in [0, 0.05) is 44.9 Å². The number of nitrogens with zero attached hydrogens (tertiary/aromatic N) is 6. The largest absolute Gasteiger partial charge is 0.487 e. The highest BCUT2D eigenvalue weighted by Gasteiger charge is 2.37. The van der Waals surface area contributed by atoms with Crippen LogP contribution in [0.2, 0.25) is 0 Å². The summed E-state index contributed by atoms with van der Waals surface area (Å²) in [6.07, 6.45) is 4.62. The van der Waals surface area contributed by atoms with Gasteiger partial charge in [-0.3, -0.25) is 14.3 Å². The van der Waals surface area contributed by atoms with E-state index in [1.807, 2.05) is 40.0 Å². The maximum atomic E-state index is 12.6. The monoisotopic (exact) mass is 523 g/mol. The molecule has 3 aromatic heterocycles. The number of nitrogens with one attached hydrogen (secondary N) is 1. The van der Waals surface area contributed by atoms with E-state index in [9.17, 15) is 14.4 Å². The molecule has 5 rings (SSSR count). The van der Waals surface area contributed by atoms with Gasteiger partial charge in [-0.15, -0.1) is 0 Å². The van der Waals surface area contributed by atoms with E-state index in [2.05, 4.69) is 15.5 Å². The van der Waals surface area contributed by atoms with Crippen molar-refractivity contribution >= 4 is 29.2 Å². The Labute approximate surface area is 220 Å². The van der Waals surface area contributed by atoms with Crippen molar-refractivity contribution in [2.45, 2.75) is 58.2 Å². The molecule has 2 saturated heterocycles. The molecule has 2 atom stereocenters. The zero-order valence-electron chi connectivity index (χ0n) is 22.3. The van der Waals surface area contributed by atoms with Crippen molar-refractivity contribution in [2.75, 3.05) is 25.0 Å². The molecule has 2 aliphatic heterocycles. The zero-order valence-corrected chi connectivity index (χ0v) is 22.3. The molecule has 5 heterocycles. The first-order valence-electron chi connectivity index (χ1n) is 12.7. The molecule has 202 valence electrons. The Kier molecular flexibility index (Phi) is 6.49. The molecule has 0 saturated carbocycles. The van der Waals surface area contributed by atoms with Gasteiger partial charge in [-0.2, -0.15) is 10.2 Å². The zero-order chi connectivity index (χ0) is 27.2. The Morgan fingerprint density at radius 2 is 1.89 bits per heavy atom. The lowest BCUT2D eigenvalue weighted by molar-refractivity contribution is -0.143. The molecule has 1 N–H and O–H groups in total. The molecule has 12 nitrogen and oxygen atoms in total. The number of hydrogen-bond donors (Lipinski definition) is 1. The van der Waals surface area contributed by atoms with E-state index < -0.39 is 11.6 Å². The second kappa shape index (κ2) is 9.66. The molecule has 2 aliphatic rings. The second-order valence-corrected chi connectivity index (χ2v) is 10.7. The van der Waals surface area contributed by atoms with Gasteiger partial charge in [0.05, 0.1) is 17.8 Å². The molecule has 0 radical (unpaired) electrons. The fourth-order valence-electron chi connectivity index (χ4n) is 4.66. The van der Waals surface area contributed by atoms with Crippen LogP contribution in [0.25, 0.3) is 16.8 Å². The minimum Gasteiger partial charge on any atom is -0.487 e. The highest BCUT2D eigenvalue weighted by Crippen LogP contribution is 2.32. The Balaban J connectivity index is 1.27. The van der Waals surface area contributed by atoms with Gasteiger partial charge in [-0.05, 0) is 45.7 Å². The van der Waals surface area contributed by atoms with E-state index >= 15 is 0 Å². The van der Waals surface area contributed by atoms with Crippen LogP contribution in [-0.2, 0) is 21.4 Å². The normalized spacial score (nSPS) is 19.1. The summed E-state index contributed by atoms with van der Waals surface area (Å²) in [4.78, 5) is 39.9. The number of hydrogen-bond acceptors (Lipinski definition) is 7. The fraction of sp³-hybridized carbons (Fsp3) is 0.500. The molecule has 12 heteroatoms. The van der Waals surface area contributed by atoms with Crippen LogP contribution in [0, 0.1) is 0 Å². The van der Waals surface area contributed by atoms with Crippen LogP contribution < -0.4 is 10.1 Å². The number of carbonyl (C=O) groups is 3. The molecular formula is C26H33N7O5. The number of rotatable bonds is 6. The number of fused-ring (bicyclic) bond motifs is 1. The van der Waals surface area contributed by atoms with E-state index in [4.69, 9.17) is 9.47 Å². The highest BCUT2D eigenvalue weighted by molar-refractivity contribution is 5.97. The van der Waals surface area contributed by atoms with Crippen molar-refractivity contribution in [1.29, 1.82) is 0 Å². The molecule has 0 spiro atoms. The standard InChI is InChI=1S/C26H33N7O5/c1-16(34)31-10-8-20(31)24(35)28-22-13-19-12-17(6-11-33(19)29-22)23-21(14-27-30(23)5)37-15-18-7-9-32(18)25(36)38-26(2,3)4/h6,11-14,18,20H,7-10,15H2,1-5H3,(H,28,29,35)/t18-,20-/m1/s1. The summed E-state index contributed by atoms with van der Waals surface area (Å²) in [5.41, 5.74) is 1.88. The van der Waals surface area contributed by atoms with Crippen LogP contribution in [-0.4, -0.2) is 84.5 Å². The van der Waals surface area contributed by atoms with Crippen LogP contribution in [0.5, 0.6) is 5.75 Å². The van der Waals surface area contributed by atoms with E-state index in [1.54, 1.807) is 37.5 Å². The second-order valence-electron chi connectivity index (χ2n) is 10.7. The van der Waals surface area contributed by atoms with Crippen LogP contribution in [0.1, 0.15) is 40.5 Å². The molecule has 2 fully saturated rings. The van der Waals surface area contributed by atoms with Crippen LogP contribution in [0.15, 0.2) is 30.6 Å². The predicted molar refractivity (Wildman–Crippen MR) is 139 cm³/mol. The molecular weight excluding hydrogens is 490 g/mol. The quantitative estimate of drug-likeness (QED) is 0.527. The summed E-state index contributed by atoms with van der Waals surface area (Å²) >= 11 is 0. The van der Waals surface area contributed by atoms with Gasteiger partial charge in [0.2, 0.25) is 11.8 Å². The van der Waals surface area contributed by atoms with Crippen LogP contribution >= 0.6 is 0 Å². The lowest BCUT2D eigenvalue weighted by Gasteiger charge is -2.40. The summed E-state index contributed by atoms with van der Waals surface area (Å²) in [5.74, 6) is 0.667. The third kappa shape index (κ3) is 5.02. The number of likely N-dealkylation sites (tertiary alicyclic amines) is 2. The summed E-state index contributed by atoms with van der Waals surface area (Å²) in [6.45, 7) is 8.59. The Bertz CT molecular complexity index is 1390. The van der Waals surface area contributed by atoms with Crippen molar-refractivity contribution in [3.05, 3.63) is 30.6 Å². The highest BCUT2D eigenvalue weighted by atomic mass is 16.6. The topological polar surface area (TPSA) is 123 Å². The van der Waals surface area contributed by atoms with Crippen molar-refractivity contribution in [3.8, 4) is 17.0 Å². The number of carbonyl (C=O) groups excluding carboxylic acids is 3. The number of anilines is 1. The van der Waals surface area contributed by atoms with E-state index in [-0.39, 0.29) is 23.9 Å². The summed E-state index contributed by atoms with van der Waals surface area (Å²) < 4.78 is 15.0. The molecule has 0 aliphatic carbocycles. The molecule has 0 bridgehead atoms. The Hall–Kier alpha value is -4.09. The van der Waals surface area contributed by atoms with Gasteiger partial charge in [0.1, 0.15) is 23.9 Å². The fourth-order valence-corrected chi connectivity index (χ4v) is 4.66. The first kappa shape index (κ1) is 25.6. The maximum absolute atomic E-state index is 12.6. The lowest BCUT2D eigenvalue weighted by atomic mass is 10.0. The van der Waals surface area contributed by atoms with Gasteiger partial charge in [0.15, 0.2) is 11.6 Å². The van der Waals surface area contributed by atoms with E-state index in [0.717, 1.165) is 23.2 Å². The number of amides is 3. The number of ether oxygens (including phenoxy) is 2. The smallest absolute Gasteiger partial charge is 0.410 e. The van der Waals surface area contributed by atoms with Crippen LogP contribution in [0.3, 0.4) is 0 Å². The minimum absolute atomic E-state index is 0.0593. The van der Waals surface area contributed by atoms with Gasteiger partial charge >= 0.3 is 6.09 Å². The molecule has 38 heavy (non-hydrogen) atoms. The summed E-state index contributed by atoms with van der Waals surface area (Å²) in [5, 5.41) is 11.6. The predicted octanol–water partition coefficient (Wildman–Crippen LogP) is 2.68. The average molecular weight is 524 g/mol. The van der Waals surface area contributed by atoms with E-state index in [0.29, 0.717) is 37.7 Å². The summed E-state index contributed by atoms with van der Waals surface area (Å²) in [6, 6.07) is 5.10. The van der Waals surface area contributed by atoms with Gasteiger partial charge in [-0.1, -0.05) is 0 Å². The number of aryl methyl sites for hydroxylation is 1. The molecule has 0 aromatic carbocycles. The van der Waals surface area contributed by atoms with Crippen molar-refractivity contribution in [2.24, 2.45) is 7.05 Å². The molecule has 3 amide bonds. The Morgan fingerprint density at radius 1 is 1.13 bits per heavy atom. The first-order chi connectivity index (χ1) is 18.0. The van der Waals surface area contributed by atoms with Crippen molar-refractivity contribution in [3.63, 3.8) is 0 Å². The number of aromatic nitrogens is 4. The van der Waals surface area contributed by atoms with Gasteiger partial charge in [0.25, 0.3) is 0 Å². The van der Waals surface area contributed by atoms with Gasteiger partial charge < -0.3 is 24.6 Å². The number of pyridine rings is 1. The minimum atomic E-state index is -0.546. The molecule has 3 aromatic rings. The van der Waals surface area contributed by atoms with Crippen LogP contribution in [0.4, 0.5) is 10.6 Å². The third-order valence-corrected chi connectivity index (χ3v) is 6.82.